The first kappa shape index (κ1) is 14.7. The van der Waals surface area contributed by atoms with E-state index in [1.54, 1.807) is 0 Å². The van der Waals surface area contributed by atoms with Gasteiger partial charge in [0.1, 0.15) is 11.3 Å². The summed E-state index contributed by atoms with van der Waals surface area (Å²) in [5.74, 6) is 0.911. The highest BCUT2D eigenvalue weighted by Gasteiger charge is 2.19. The second-order valence-electron chi connectivity index (χ2n) is 5.05. The van der Waals surface area contributed by atoms with Gasteiger partial charge in [-0.05, 0) is 32.4 Å². The molecule has 0 saturated heterocycles. The molecular weight excluding hydrogens is 279 g/mol. The normalized spacial score (nSPS) is 14.8. The van der Waals surface area contributed by atoms with E-state index < -0.39 is 0 Å². The second-order valence-corrected chi connectivity index (χ2v) is 6.12. The van der Waals surface area contributed by atoms with Crippen LogP contribution in [0.1, 0.15) is 57.3 Å². The van der Waals surface area contributed by atoms with Gasteiger partial charge in [-0.3, -0.25) is 0 Å². The Hall–Kier alpha value is -0.730. The minimum absolute atomic E-state index is 0.118. The first-order valence-corrected chi connectivity index (χ1v) is 7.68. The van der Waals surface area contributed by atoms with Crippen LogP contribution in [-0.4, -0.2) is 9.55 Å². The third-order valence-corrected chi connectivity index (χ3v) is 3.97. The van der Waals surface area contributed by atoms with Crippen molar-refractivity contribution in [2.24, 2.45) is 0 Å². The van der Waals surface area contributed by atoms with Crippen molar-refractivity contribution in [2.45, 2.75) is 51.5 Å². The largest absolute Gasteiger partial charge is 0.324 e. The quantitative estimate of drug-likeness (QED) is 0.644. The van der Waals surface area contributed by atoms with E-state index in [4.69, 9.17) is 23.2 Å². The van der Waals surface area contributed by atoms with Crippen LogP contribution in [0, 0.1) is 0 Å². The second kappa shape index (κ2) is 6.15. The molecule has 0 radical (unpaired) electrons. The summed E-state index contributed by atoms with van der Waals surface area (Å²) in [7, 11) is 0. The molecule has 104 valence electrons. The lowest BCUT2D eigenvalue weighted by atomic mass is 10.1. The molecule has 1 aromatic heterocycles. The number of rotatable bonds is 5. The van der Waals surface area contributed by atoms with E-state index in [-0.39, 0.29) is 5.38 Å². The molecule has 0 saturated carbocycles. The maximum absolute atomic E-state index is 6.28. The topological polar surface area (TPSA) is 17.8 Å². The van der Waals surface area contributed by atoms with E-state index in [9.17, 15) is 0 Å². The van der Waals surface area contributed by atoms with Crippen LogP contribution in [0.4, 0.5) is 0 Å². The Morgan fingerprint density at radius 2 is 2.05 bits per heavy atom. The molecule has 2 nitrogen and oxygen atoms in total. The smallest absolute Gasteiger partial charge is 0.128 e. The molecule has 2 unspecified atom stereocenters. The van der Waals surface area contributed by atoms with Crippen molar-refractivity contribution in [1.29, 1.82) is 0 Å². The summed E-state index contributed by atoms with van der Waals surface area (Å²) < 4.78 is 2.24. The Morgan fingerprint density at radius 3 is 2.68 bits per heavy atom. The maximum Gasteiger partial charge on any atom is 0.128 e. The molecule has 4 heteroatoms. The van der Waals surface area contributed by atoms with E-state index >= 15 is 0 Å². The van der Waals surface area contributed by atoms with Crippen LogP contribution >= 0.6 is 23.2 Å². The zero-order chi connectivity index (χ0) is 14.0. The first-order chi connectivity index (χ1) is 9.06. The van der Waals surface area contributed by atoms with Gasteiger partial charge in [-0.25, -0.2) is 4.98 Å². The van der Waals surface area contributed by atoms with Gasteiger partial charge in [0, 0.05) is 6.04 Å². The number of hydrogen-bond acceptors (Lipinski definition) is 1. The van der Waals surface area contributed by atoms with Gasteiger partial charge in [0.05, 0.1) is 15.9 Å². The zero-order valence-electron chi connectivity index (χ0n) is 11.7. The molecule has 1 aromatic carbocycles. The predicted molar refractivity (Wildman–Crippen MR) is 83.2 cm³/mol. The Balaban J connectivity index is 2.55. The van der Waals surface area contributed by atoms with Crippen molar-refractivity contribution < 1.29 is 0 Å². The molecule has 0 fully saturated rings. The molecule has 0 aliphatic carbocycles. The standard InChI is InChI=1S/C15H20Cl2N2/c1-4-5-7-10(2)19-13-9-6-8-12(17)14(13)18-15(19)11(3)16/h6,8-11H,4-5,7H2,1-3H3. The van der Waals surface area contributed by atoms with Crippen molar-refractivity contribution in [3.8, 4) is 0 Å². The van der Waals surface area contributed by atoms with Gasteiger partial charge in [0.25, 0.3) is 0 Å². The van der Waals surface area contributed by atoms with Crippen LogP contribution in [0.3, 0.4) is 0 Å². The summed E-state index contributed by atoms with van der Waals surface area (Å²) in [5.41, 5.74) is 1.94. The molecule has 2 rings (SSSR count). The number of alkyl halides is 1. The van der Waals surface area contributed by atoms with Crippen molar-refractivity contribution in [3.05, 3.63) is 29.0 Å². The lowest BCUT2D eigenvalue weighted by molar-refractivity contribution is 0.480. The van der Waals surface area contributed by atoms with E-state index in [1.165, 1.54) is 12.8 Å². The van der Waals surface area contributed by atoms with Gasteiger partial charge in [-0.15, -0.1) is 11.6 Å². The highest BCUT2D eigenvalue weighted by molar-refractivity contribution is 6.35. The molecule has 0 N–H and O–H groups in total. The Kier molecular flexibility index (Phi) is 4.75. The summed E-state index contributed by atoms with van der Waals surface area (Å²) in [6, 6.07) is 6.30. The number of fused-ring (bicyclic) bond motifs is 1. The van der Waals surface area contributed by atoms with Gasteiger partial charge in [0.2, 0.25) is 0 Å². The summed E-state index contributed by atoms with van der Waals surface area (Å²) >= 11 is 12.5. The lowest BCUT2D eigenvalue weighted by Gasteiger charge is -2.18. The average molecular weight is 299 g/mol. The minimum atomic E-state index is -0.118. The molecular formula is C15H20Cl2N2. The van der Waals surface area contributed by atoms with Gasteiger partial charge in [-0.2, -0.15) is 0 Å². The van der Waals surface area contributed by atoms with Crippen molar-refractivity contribution in [1.82, 2.24) is 9.55 Å². The van der Waals surface area contributed by atoms with E-state index in [2.05, 4.69) is 29.5 Å². The van der Waals surface area contributed by atoms with Gasteiger partial charge in [0.15, 0.2) is 0 Å². The molecule has 0 spiro atoms. The molecule has 0 bridgehead atoms. The maximum atomic E-state index is 6.28. The average Bonchev–Trinajstić information content (AvgIpc) is 2.77. The number of imidazole rings is 1. The van der Waals surface area contributed by atoms with Crippen molar-refractivity contribution in [2.75, 3.05) is 0 Å². The molecule has 19 heavy (non-hydrogen) atoms. The fourth-order valence-corrected chi connectivity index (χ4v) is 2.84. The number of aromatic nitrogens is 2. The molecule has 1 heterocycles. The Labute approximate surface area is 124 Å². The molecule has 2 aromatic rings. The summed E-state index contributed by atoms with van der Waals surface area (Å²) in [6.45, 7) is 6.39. The SMILES string of the molecule is CCCCC(C)n1c(C(C)Cl)nc2c(Cl)cccc21. The molecule has 0 aliphatic heterocycles. The number of para-hydroxylation sites is 1. The number of benzene rings is 1. The summed E-state index contributed by atoms with van der Waals surface area (Å²) in [6.07, 6.45) is 3.53. The van der Waals surface area contributed by atoms with Gasteiger partial charge >= 0.3 is 0 Å². The fourth-order valence-electron chi connectivity index (χ4n) is 2.47. The van der Waals surface area contributed by atoms with Crippen LogP contribution in [0.2, 0.25) is 5.02 Å². The van der Waals surface area contributed by atoms with Gasteiger partial charge in [-0.1, -0.05) is 37.4 Å². The predicted octanol–water partition coefficient (Wildman–Crippen LogP) is 5.74. The van der Waals surface area contributed by atoms with Crippen LogP contribution in [0.15, 0.2) is 18.2 Å². The van der Waals surface area contributed by atoms with E-state index in [1.807, 2.05) is 19.1 Å². The highest BCUT2D eigenvalue weighted by atomic mass is 35.5. The third kappa shape index (κ3) is 2.90. The van der Waals surface area contributed by atoms with Crippen LogP contribution in [0.5, 0.6) is 0 Å². The number of nitrogens with zero attached hydrogens (tertiary/aromatic N) is 2. The zero-order valence-corrected chi connectivity index (χ0v) is 13.2. The number of hydrogen-bond donors (Lipinski definition) is 0. The third-order valence-electron chi connectivity index (χ3n) is 3.47. The summed E-state index contributed by atoms with van der Waals surface area (Å²) in [4.78, 5) is 4.64. The van der Waals surface area contributed by atoms with Crippen LogP contribution in [0.25, 0.3) is 11.0 Å². The molecule has 0 aliphatic rings. The molecule has 0 amide bonds. The van der Waals surface area contributed by atoms with E-state index in [0.29, 0.717) is 11.1 Å². The van der Waals surface area contributed by atoms with Crippen molar-refractivity contribution >= 4 is 34.2 Å². The van der Waals surface area contributed by atoms with Crippen LogP contribution < -0.4 is 0 Å². The minimum Gasteiger partial charge on any atom is -0.324 e. The van der Waals surface area contributed by atoms with Gasteiger partial charge < -0.3 is 4.57 Å². The monoisotopic (exact) mass is 298 g/mol. The van der Waals surface area contributed by atoms with E-state index in [0.717, 1.165) is 23.3 Å². The number of unbranched alkanes of at least 4 members (excludes halogenated alkanes) is 1. The Morgan fingerprint density at radius 1 is 1.32 bits per heavy atom. The Bertz CT molecular complexity index is 561. The highest BCUT2D eigenvalue weighted by Crippen LogP contribution is 2.32. The van der Waals surface area contributed by atoms with Crippen LogP contribution in [-0.2, 0) is 0 Å². The lowest BCUT2D eigenvalue weighted by Crippen LogP contribution is -2.10. The van der Waals surface area contributed by atoms with Crippen molar-refractivity contribution in [3.63, 3.8) is 0 Å². The first-order valence-electron chi connectivity index (χ1n) is 6.86. The summed E-state index contributed by atoms with van der Waals surface area (Å²) in [5, 5.41) is 0.574. The number of halogens is 2. The molecule has 2 atom stereocenters. The fraction of sp³-hybridized carbons (Fsp3) is 0.533.